The molecular weight excluding hydrogens is 416 g/mol. The Morgan fingerprint density at radius 1 is 1.19 bits per heavy atom. The van der Waals surface area contributed by atoms with Gasteiger partial charge in [0.2, 0.25) is 5.88 Å². The summed E-state index contributed by atoms with van der Waals surface area (Å²) in [5.41, 5.74) is 5.82. The van der Waals surface area contributed by atoms with Crippen LogP contribution in [0.1, 0.15) is 32.6 Å². The van der Waals surface area contributed by atoms with Crippen molar-refractivity contribution in [3.8, 4) is 22.8 Å². The summed E-state index contributed by atoms with van der Waals surface area (Å²) in [6.07, 6.45) is 1.91. The number of halogens is 1. The highest BCUT2D eigenvalue weighted by molar-refractivity contribution is 6.30. The van der Waals surface area contributed by atoms with Crippen molar-refractivity contribution in [2.45, 2.75) is 27.2 Å². The lowest BCUT2D eigenvalue weighted by Crippen LogP contribution is -2.10. The number of aromatic nitrogens is 1. The highest BCUT2D eigenvalue weighted by Gasteiger charge is 2.24. The van der Waals surface area contributed by atoms with E-state index < -0.39 is 5.97 Å². The van der Waals surface area contributed by atoms with Crippen LogP contribution in [0.4, 0.5) is 5.69 Å². The Hall–Kier alpha value is -3.38. The second-order valence-corrected chi connectivity index (χ2v) is 7.70. The fourth-order valence-corrected chi connectivity index (χ4v) is 3.82. The summed E-state index contributed by atoms with van der Waals surface area (Å²) in [6, 6.07) is 9.36. The van der Waals surface area contributed by atoms with Crippen molar-refractivity contribution in [1.29, 1.82) is 0 Å². The van der Waals surface area contributed by atoms with E-state index in [1.54, 1.807) is 7.05 Å². The average molecular weight is 439 g/mol. The first-order valence-corrected chi connectivity index (χ1v) is 10.1. The minimum absolute atomic E-state index is 0.124. The maximum atomic E-state index is 11.6. The van der Waals surface area contributed by atoms with E-state index in [4.69, 9.17) is 16.3 Å². The van der Waals surface area contributed by atoms with Crippen LogP contribution in [-0.4, -0.2) is 29.4 Å². The Kier molecular flexibility index (Phi) is 6.61. The number of benzene rings is 2. The van der Waals surface area contributed by atoms with Crippen molar-refractivity contribution in [1.82, 2.24) is 4.98 Å². The molecule has 160 valence electrons. The number of nitrogens with zero attached hydrogens (tertiary/aromatic N) is 1. The monoisotopic (exact) mass is 438 g/mol. The number of aldehydes is 1. The Morgan fingerprint density at radius 3 is 2.45 bits per heavy atom. The Labute approximate surface area is 185 Å². The molecule has 0 saturated heterocycles. The number of ether oxygens (including phenoxy) is 1. The molecule has 31 heavy (non-hydrogen) atoms. The number of nitrogens with one attached hydrogen (secondary N) is 1. The number of carbonyl (C=O) groups excluding carboxylic acids is 1. The minimum atomic E-state index is -0.922. The van der Waals surface area contributed by atoms with Gasteiger partial charge in [-0.1, -0.05) is 41.4 Å². The first-order valence-electron chi connectivity index (χ1n) is 9.68. The summed E-state index contributed by atoms with van der Waals surface area (Å²) >= 11 is 5.96. The van der Waals surface area contributed by atoms with Crippen LogP contribution >= 0.6 is 11.6 Å². The van der Waals surface area contributed by atoms with Crippen LogP contribution in [0.15, 0.2) is 36.5 Å². The fraction of sp³-hybridized carbons (Fsp3) is 0.208. The number of pyridine rings is 1. The van der Waals surface area contributed by atoms with Gasteiger partial charge in [0.15, 0.2) is 12.0 Å². The number of hydrogen-bond donors (Lipinski definition) is 2. The van der Waals surface area contributed by atoms with Crippen molar-refractivity contribution in [2.24, 2.45) is 0 Å². The molecule has 1 heterocycles. The molecule has 6 nitrogen and oxygen atoms in total. The SMILES string of the molecule is CNc1c(C)c(CC(=O)O)c(-c2ccc(C)cc2)c(C)c1Oc1ncc(Cl)cc1C=O. The van der Waals surface area contributed by atoms with Gasteiger partial charge in [0.1, 0.15) is 0 Å². The van der Waals surface area contributed by atoms with Gasteiger partial charge in [-0.3, -0.25) is 9.59 Å². The first-order chi connectivity index (χ1) is 14.8. The summed E-state index contributed by atoms with van der Waals surface area (Å²) in [6.45, 7) is 5.71. The fourth-order valence-electron chi connectivity index (χ4n) is 3.66. The molecule has 0 unspecified atom stereocenters. The number of carbonyl (C=O) groups is 2. The van der Waals surface area contributed by atoms with Crippen LogP contribution in [-0.2, 0) is 11.2 Å². The van der Waals surface area contributed by atoms with Crippen LogP contribution in [0.25, 0.3) is 11.1 Å². The van der Waals surface area contributed by atoms with Crippen molar-refractivity contribution in [2.75, 3.05) is 12.4 Å². The Morgan fingerprint density at radius 2 is 1.87 bits per heavy atom. The predicted molar refractivity (Wildman–Crippen MR) is 122 cm³/mol. The van der Waals surface area contributed by atoms with Crippen LogP contribution in [0, 0.1) is 20.8 Å². The minimum Gasteiger partial charge on any atom is -0.481 e. The Bertz CT molecular complexity index is 1160. The van der Waals surface area contributed by atoms with Gasteiger partial charge in [-0.15, -0.1) is 0 Å². The van der Waals surface area contributed by atoms with Gasteiger partial charge in [-0.2, -0.15) is 0 Å². The van der Waals surface area contributed by atoms with Gasteiger partial charge in [0.25, 0.3) is 0 Å². The quantitative estimate of drug-likeness (QED) is 0.467. The lowest BCUT2D eigenvalue weighted by molar-refractivity contribution is -0.136. The van der Waals surface area contributed by atoms with Gasteiger partial charge in [-0.05, 0) is 49.1 Å². The summed E-state index contributed by atoms with van der Waals surface area (Å²) in [4.78, 5) is 27.3. The van der Waals surface area contributed by atoms with E-state index >= 15 is 0 Å². The van der Waals surface area contributed by atoms with Gasteiger partial charge in [0.05, 0.1) is 22.7 Å². The third-order valence-corrected chi connectivity index (χ3v) is 5.37. The van der Waals surface area contributed by atoms with E-state index in [0.717, 1.165) is 27.8 Å². The number of hydrogen-bond acceptors (Lipinski definition) is 5. The zero-order valence-electron chi connectivity index (χ0n) is 17.7. The second-order valence-electron chi connectivity index (χ2n) is 7.26. The molecule has 2 aromatic carbocycles. The number of carboxylic acids is 1. The number of rotatable bonds is 7. The predicted octanol–water partition coefficient (Wildman–Crippen LogP) is 5.60. The molecule has 0 amide bonds. The molecule has 1 aromatic heterocycles. The third kappa shape index (κ3) is 4.54. The maximum absolute atomic E-state index is 11.6. The number of aliphatic carboxylic acids is 1. The average Bonchev–Trinajstić information content (AvgIpc) is 2.73. The van der Waals surface area contributed by atoms with Crippen LogP contribution in [0.3, 0.4) is 0 Å². The molecule has 7 heteroatoms. The molecular formula is C24H23ClN2O4. The summed E-state index contributed by atoms with van der Waals surface area (Å²) in [5.74, 6) is -0.323. The molecule has 0 aliphatic rings. The highest BCUT2D eigenvalue weighted by Crippen LogP contribution is 2.44. The smallest absolute Gasteiger partial charge is 0.307 e. The van der Waals surface area contributed by atoms with E-state index in [9.17, 15) is 14.7 Å². The molecule has 3 rings (SSSR count). The molecule has 0 fully saturated rings. The van der Waals surface area contributed by atoms with Crippen molar-refractivity contribution >= 4 is 29.5 Å². The normalized spacial score (nSPS) is 10.6. The second kappa shape index (κ2) is 9.18. The standard InChI is InChI=1S/C24H23ClN2O4/c1-13-5-7-16(8-6-13)21-15(3)23(22(26-4)14(2)19(21)10-20(29)30)31-24-17(12-28)9-18(25)11-27-24/h5-9,11-12,26H,10H2,1-4H3,(H,29,30). The zero-order chi connectivity index (χ0) is 22.7. The lowest BCUT2D eigenvalue weighted by atomic mass is 9.88. The van der Waals surface area contributed by atoms with E-state index in [0.29, 0.717) is 28.3 Å². The van der Waals surface area contributed by atoms with E-state index in [2.05, 4.69) is 10.3 Å². The van der Waals surface area contributed by atoms with E-state index in [-0.39, 0.29) is 17.9 Å². The van der Waals surface area contributed by atoms with Crippen molar-refractivity contribution in [3.63, 3.8) is 0 Å². The van der Waals surface area contributed by atoms with Crippen molar-refractivity contribution < 1.29 is 19.4 Å². The van der Waals surface area contributed by atoms with Gasteiger partial charge in [0, 0.05) is 18.8 Å². The number of carboxylic acid groups (broad SMARTS) is 1. The molecule has 0 aliphatic carbocycles. The number of anilines is 1. The van der Waals surface area contributed by atoms with Gasteiger partial charge in [-0.25, -0.2) is 4.98 Å². The molecule has 0 bridgehead atoms. The zero-order valence-corrected chi connectivity index (χ0v) is 18.5. The topological polar surface area (TPSA) is 88.5 Å². The largest absolute Gasteiger partial charge is 0.481 e. The Balaban J connectivity index is 2.30. The van der Waals surface area contributed by atoms with Crippen LogP contribution in [0.2, 0.25) is 5.02 Å². The number of aryl methyl sites for hydroxylation is 1. The molecule has 3 aromatic rings. The van der Waals surface area contributed by atoms with Crippen molar-refractivity contribution in [3.05, 3.63) is 69.4 Å². The maximum Gasteiger partial charge on any atom is 0.307 e. The molecule has 0 radical (unpaired) electrons. The van der Waals surface area contributed by atoms with Gasteiger partial charge < -0.3 is 15.2 Å². The van der Waals surface area contributed by atoms with Crippen LogP contribution in [0.5, 0.6) is 11.6 Å². The third-order valence-electron chi connectivity index (χ3n) is 5.16. The molecule has 0 spiro atoms. The summed E-state index contributed by atoms with van der Waals surface area (Å²) in [7, 11) is 1.74. The van der Waals surface area contributed by atoms with E-state index in [1.807, 2.05) is 45.0 Å². The highest BCUT2D eigenvalue weighted by atomic mass is 35.5. The first kappa shape index (κ1) is 22.3. The van der Waals surface area contributed by atoms with Crippen LogP contribution < -0.4 is 10.1 Å². The molecule has 2 N–H and O–H groups in total. The molecule has 0 saturated carbocycles. The van der Waals surface area contributed by atoms with E-state index in [1.165, 1.54) is 12.3 Å². The van der Waals surface area contributed by atoms with Gasteiger partial charge >= 0.3 is 5.97 Å². The summed E-state index contributed by atoms with van der Waals surface area (Å²) in [5, 5.41) is 13.0. The molecule has 0 aliphatic heterocycles. The molecule has 0 atom stereocenters. The summed E-state index contributed by atoms with van der Waals surface area (Å²) < 4.78 is 6.12. The lowest BCUT2D eigenvalue weighted by Gasteiger charge is -2.23.